The molecule has 1 aromatic carbocycles. The molecule has 1 atom stereocenters. The molecule has 1 unspecified atom stereocenters. The average molecular weight is 278 g/mol. The lowest BCUT2D eigenvalue weighted by molar-refractivity contribution is -0.126. The summed E-state index contributed by atoms with van der Waals surface area (Å²) < 4.78 is 5.06. The zero-order chi connectivity index (χ0) is 15.1. The second-order valence-electron chi connectivity index (χ2n) is 5.04. The Morgan fingerprint density at radius 3 is 2.55 bits per heavy atom. The normalized spacial score (nSPS) is 12.1. The Kier molecular flexibility index (Phi) is 6.18. The van der Waals surface area contributed by atoms with Gasteiger partial charge in [-0.05, 0) is 23.6 Å². The minimum atomic E-state index is -0.543. The van der Waals surface area contributed by atoms with Crippen LogP contribution in [0, 0.1) is 5.92 Å². The maximum atomic E-state index is 12.2. The van der Waals surface area contributed by atoms with E-state index in [-0.39, 0.29) is 17.7 Å². The summed E-state index contributed by atoms with van der Waals surface area (Å²) in [5.41, 5.74) is 1.67. The molecule has 0 bridgehead atoms. The van der Waals surface area contributed by atoms with Crippen molar-refractivity contribution in [3.8, 4) is 0 Å². The molecule has 1 aromatic rings. The summed E-state index contributed by atoms with van der Waals surface area (Å²) in [5.74, 6) is -0.419. The number of carbonyl (C=O) groups excluding carboxylic acids is 2. The third-order valence-corrected chi connectivity index (χ3v) is 2.81. The first-order chi connectivity index (χ1) is 9.43. The Bertz CT molecular complexity index is 472. The highest BCUT2D eigenvalue weighted by Gasteiger charge is 2.22. The number of nitrogens with one attached hydrogen (secondary N) is 2. The second kappa shape index (κ2) is 7.65. The Morgan fingerprint density at radius 1 is 1.30 bits per heavy atom. The molecule has 110 valence electrons. The van der Waals surface area contributed by atoms with E-state index in [2.05, 4.69) is 10.6 Å². The molecule has 0 fully saturated rings. The number of rotatable bonds is 6. The Labute approximate surface area is 119 Å². The summed E-state index contributed by atoms with van der Waals surface area (Å²) in [5, 5.41) is 5.48. The van der Waals surface area contributed by atoms with Crippen molar-refractivity contribution in [1.82, 2.24) is 5.32 Å². The molecule has 0 saturated heterocycles. The quantitative estimate of drug-likeness (QED) is 0.835. The summed E-state index contributed by atoms with van der Waals surface area (Å²) in [6.45, 7) is 5.67. The van der Waals surface area contributed by atoms with E-state index in [4.69, 9.17) is 4.74 Å². The molecular weight excluding hydrogens is 256 g/mol. The van der Waals surface area contributed by atoms with E-state index < -0.39 is 6.04 Å². The van der Waals surface area contributed by atoms with Crippen molar-refractivity contribution in [1.29, 1.82) is 0 Å². The van der Waals surface area contributed by atoms with Crippen molar-refractivity contribution in [3.63, 3.8) is 0 Å². The molecule has 2 N–H and O–H groups in total. The lowest BCUT2D eigenvalue weighted by Gasteiger charge is -2.21. The number of hydrogen-bond acceptors (Lipinski definition) is 3. The molecule has 1 rings (SSSR count). The summed E-state index contributed by atoms with van der Waals surface area (Å²) in [6.07, 6.45) is 0. The van der Waals surface area contributed by atoms with Gasteiger partial charge in [0.25, 0.3) is 0 Å². The van der Waals surface area contributed by atoms with Crippen LogP contribution in [0.15, 0.2) is 24.3 Å². The van der Waals surface area contributed by atoms with Crippen LogP contribution in [-0.4, -0.2) is 25.0 Å². The van der Waals surface area contributed by atoms with Crippen LogP contribution in [0.1, 0.15) is 26.3 Å². The van der Waals surface area contributed by atoms with Crippen LogP contribution in [-0.2, 0) is 20.9 Å². The van der Waals surface area contributed by atoms with Crippen LogP contribution in [0.4, 0.5) is 5.69 Å². The molecule has 0 aliphatic rings. The molecule has 0 aromatic heterocycles. The van der Waals surface area contributed by atoms with Crippen LogP contribution >= 0.6 is 0 Å². The summed E-state index contributed by atoms with van der Waals surface area (Å²) >= 11 is 0. The largest absolute Gasteiger partial charge is 0.380 e. The number of amides is 2. The number of methoxy groups -OCH3 is 1. The number of ether oxygens (including phenoxy) is 1. The summed E-state index contributed by atoms with van der Waals surface area (Å²) in [6, 6.07) is 6.90. The van der Waals surface area contributed by atoms with Crippen LogP contribution in [0.3, 0.4) is 0 Å². The van der Waals surface area contributed by atoms with Gasteiger partial charge in [-0.25, -0.2) is 0 Å². The second-order valence-corrected chi connectivity index (χ2v) is 5.04. The SMILES string of the molecule is COCc1cccc(NC(=O)C(NC(C)=O)C(C)C)c1. The monoisotopic (exact) mass is 278 g/mol. The molecule has 0 spiro atoms. The highest BCUT2D eigenvalue weighted by atomic mass is 16.5. The van der Waals surface area contributed by atoms with Crippen LogP contribution < -0.4 is 10.6 Å². The fourth-order valence-corrected chi connectivity index (χ4v) is 1.88. The van der Waals surface area contributed by atoms with Gasteiger partial charge in [0.1, 0.15) is 6.04 Å². The first-order valence-electron chi connectivity index (χ1n) is 6.60. The highest BCUT2D eigenvalue weighted by molar-refractivity contribution is 5.97. The van der Waals surface area contributed by atoms with Crippen molar-refractivity contribution in [2.24, 2.45) is 5.92 Å². The van der Waals surface area contributed by atoms with Gasteiger partial charge in [-0.2, -0.15) is 0 Å². The highest BCUT2D eigenvalue weighted by Crippen LogP contribution is 2.13. The van der Waals surface area contributed by atoms with Gasteiger partial charge in [-0.15, -0.1) is 0 Å². The van der Waals surface area contributed by atoms with E-state index in [0.29, 0.717) is 12.3 Å². The third-order valence-electron chi connectivity index (χ3n) is 2.81. The fourth-order valence-electron chi connectivity index (χ4n) is 1.88. The van der Waals surface area contributed by atoms with E-state index in [1.165, 1.54) is 6.92 Å². The molecule has 20 heavy (non-hydrogen) atoms. The van der Waals surface area contributed by atoms with Gasteiger partial charge in [0.05, 0.1) is 6.61 Å². The average Bonchev–Trinajstić information content (AvgIpc) is 2.36. The zero-order valence-corrected chi connectivity index (χ0v) is 12.4. The molecule has 0 radical (unpaired) electrons. The van der Waals surface area contributed by atoms with Crippen LogP contribution in [0.2, 0.25) is 0 Å². The maximum absolute atomic E-state index is 12.2. The first-order valence-corrected chi connectivity index (χ1v) is 6.60. The Balaban J connectivity index is 2.77. The minimum absolute atomic E-state index is 0.0149. The van der Waals surface area contributed by atoms with Gasteiger partial charge in [0, 0.05) is 19.7 Å². The van der Waals surface area contributed by atoms with Crippen molar-refractivity contribution in [3.05, 3.63) is 29.8 Å². The number of anilines is 1. The lowest BCUT2D eigenvalue weighted by atomic mass is 10.0. The summed E-state index contributed by atoms with van der Waals surface area (Å²) in [7, 11) is 1.62. The first kappa shape index (κ1) is 16.2. The summed E-state index contributed by atoms with van der Waals surface area (Å²) in [4.78, 5) is 23.3. The standard InChI is InChI=1S/C15H22N2O3/c1-10(2)14(16-11(3)18)15(19)17-13-7-5-6-12(8-13)9-20-4/h5-8,10,14H,9H2,1-4H3,(H,16,18)(H,17,19). The maximum Gasteiger partial charge on any atom is 0.247 e. The van der Waals surface area contributed by atoms with Crippen LogP contribution in [0.5, 0.6) is 0 Å². The van der Waals surface area contributed by atoms with E-state index in [1.54, 1.807) is 7.11 Å². The predicted octanol–water partition coefficient (Wildman–Crippen LogP) is 1.93. The Morgan fingerprint density at radius 2 is 2.00 bits per heavy atom. The van der Waals surface area contributed by atoms with Gasteiger partial charge < -0.3 is 15.4 Å². The van der Waals surface area contributed by atoms with E-state index in [9.17, 15) is 9.59 Å². The van der Waals surface area contributed by atoms with Gasteiger partial charge >= 0.3 is 0 Å². The topological polar surface area (TPSA) is 67.4 Å². The van der Waals surface area contributed by atoms with Crippen molar-refractivity contribution in [2.75, 3.05) is 12.4 Å². The molecular formula is C15H22N2O3. The van der Waals surface area contributed by atoms with Crippen molar-refractivity contribution >= 4 is 17.5 Å². The predicted molar refractivity (Wildman–Crippen MR) is 78.2 cm³/mol. The molecule has 0 saturated carbocycles. The van der Waals surface area contributed by atoms with Gasteiger partial charge in [0.2, 0.25) is 11.8 Å². The number of hydrogen-bond donors (Lipinski definition) is 2. The molecule has 0 heterocycles. The van der Waals surface area contributed by atoms with Crippen LogP contribution in [0.25, 0.3) is 0 Å². The fraction of sp³-hybridized carbons (Fsp3) is 0.467. The van der Waals surface area contributed by atoms with Gasteiger partial charge in [0.15, 0.2) is 0 Å². The number of benzene rings is 1. The molecule has 2 amide bonds. The van der Waals surface area contributed by atoms with Gasteiger partial charge in [-0.3, -0.25) is 9.59 Å². The lowest BCUT2D eigenvalue weighted by Crippen LogP contribution is -2.46. The molecule has 5 heteroatoms. The van der Waals surface area contributed by atoms with Crippen molar-refractivity contribution < 1.29 is 14.3 Å². The smallest absolute Gasteiger partial charge is 0.247 e. The third kappa shape index (κ3) is 5.01. The van der Waals surface area contributed by atoms with Crippen molar-refractivity contribution in [2.45, 2.75) is 33.4 Å². The van der Waals surface area contributed by atoms with Gasteiger partial charge in [-0.1, -0.05) is 26.0 Å². The minimum Gasteiger partial charge on any atom is -0.380 e. The van der Waals surface area contributed by atoms with E-state index in [1.807, 2.05) is 38.1 Å². The zero-order valence-electron chi connectivity index (χ0n) is 12.4. The molecule has 0 aliphatic heterocycles. The molecule has 0 aliphatic carbocycles. The van der Waals surface area contributed by atoms with E-state index in [0.717, 1.165) is 5.56 Å². The van der Waals surface area contributed by atoms with E-state index >= 15 is 0 Å². The Hall–Kier alpha value is -1.88. The molecule has 5 nitrogen and oxygen atoms in total. The number of carbonyl (C=O) groups is 2.